The summed E-state index contributed by atoms with van der Waals surface area (Å²) in [6.07, 6.45) is 0.194. The summed E-state index contributed by atoms with van der Waals surface area (Å²) >= 11 is 1.16. The predicted octanol–water partition coefficient (Wildman–Crippen LogP) is 1.91. The van der Waals surface area contributed by atoms with Crippen molar-refractivity contribution in [2.75, 3.05) is 18.5 Å². The third kappa shape index (κ3) is 4.07. The molecule has 0 aromatic carbocycles. The van der Waals surface area contributed by atoms with Crippen molar-refractivity contribution in [1.29, 1.82) is 0 Å². The van der Waals surface area contributed by atoms with E-state index in [1.165, 1.54) is 5.38 Å². The lowest BCUT2D eigenvalue weighted by atomic mass is 10.1. The summed E-state index contributed by atoms with van der Waals surface area (Å²) in [5.74, 6) is -1.20. The third-order valence-electron chi connectivity index (χ3n) is 3.52. The Balaban J connectivity index is 1.98. The van der Waals surface area contributed by atoms with E-state index in [0.29, 0.717) is 11.7 Å². The zero-order valence-corrected chi connectivity index (χ0v) is 14.5. The highest BCUT2D eigenvalue weighted by Crippen LogP contribution is 2.27. The first-order chi connectivity index (χ1) is 10.7. The fourth-order valence-corrected chi connectivity index (χ4v) is 3.05. The molecule has 0 saturated carbocycles. The lowest BCUT2D eigenvalue weighted by Crippen LogP contribution is -2.42. The molecule has 23 heavy (non-hydrogen) atoms. The van der Waals surface area contributed by atoms with Gasteiger partial charge in [0.2, 0.25) is 11.8 Å². The Morgan fingerprint density at radius 2 is 2.17 bits per heavy atom. The average Bonchev–Trinajstić information content (AvgIpc) is 3.05. The summed E-state index contributed by atoms with van der Waals surface area (Å²) in [6, 6.07) is 0. The fraction of sp³-hybridized carbons (Fsp3) is 0.600. The van der Waals surface area contributed by atoms with E-state index in [1.807, 2.05) is 20.8 Å². The monoisotopic (exact) mass is 339 g/mol. The largest absolute Gasteiger partial charge is 0.461 e. The highest BCUT2D eigenvalue weighted by molar-refractivity contribution is 7.14. The first-order valence-corrected chi connectivity index (χ1v) is 8.34. The van der Waals surface area contributed by atoms with Crippen molar-refractivity contribution < 1.29 is 19.1 Å². The van der Waals surface area contributed by atoms with E-state index >= 15 is 0 Å². The number of ether oxygens (including phenoxy) is 1. The number of anilines is 1. The maximum Gasteiger partial charge on any atom is 0.357 e. The molecule has 2 amide bonds. The number of aromatic nitrogens is 1. The quantitative estimate of drug-likeness (QED) is 0.847. The van der Waals surface area contributed by atoms with Gasteiger partial charge in [0.05, 0.1) is 12.5 Å². The number of hydrogen-bond acceptors (Lipinski definition) is 6. The SMILES string of the molecule is CCOC(=O)c1csc(NC(=O)[C@@H]2CC(=O)N(C(C)(C)C)C2)n1. The first kappa shape index (κ1) is 17.4. The Bertz CT molecular complexity index is 620. The minimum absolute atomic E-state index is 0.0241. The van der Waals surface area contributed by atoms with Crippen LogP contribution in [0, 0.1) is 5.92 Å². The lowest BCUT2D eigenvalue weighted by molar-refractivity contribution is -0.131. The van der Waals surface area contributed by atoms with Gasteiger partial charge < -0.3 is 15.0 Å². The Hall–Kier alpha value is -1.96. The zero-order valence-electron chi connectivity index (χ0n) is 13.7. The second-order valence-corrected chi connectivity index (χ2v) is 7.18. The van der Waals surface area contributed by atoms with Gasteiger partial charge in [0.25, 0.3) is 0 Å². The maximum absolute atomic E-state index is 12.3. The van der Waals surface area contributed by atoms with Crippen molar-refractivity contribution in [3.8, 4) is 0 Å². The summed E-state index contributed by atoms with van der Waals surface area (Å²) < 4.78 is 4.85. The molecule has 1 N–H and O–H groups in total. The summed E-state index contributed by atoms with van der Waals surface area (Å²) in [6.45, 7) is 8.20. The highest BCUT2D eigenvalue weighted by atomic mass is 32.1. The molecule has 1 atom stereocenters. The van der Waals surface area contributed by atoms with Crippen molar-refractivity contribution >= 4 is 34.3 Å². The van der Waals surface area contributed by atoms with Crippen LogP contribution in [0.3, 0.4) is 0 Å². The number of thiazole rings is 1. The van der Waals surface area contributed by atoms with E-state index < -0.39 is 11.9 Å². The van der Waals surface area contributed by atoms with Crippen LogP contribution in [0.5, 0.6) is 0 Å². The van der Waals surface area contributed by atoms with Gasteiger partial charge in [-0.05, 0) is 27.7 Å². The second-order valence-electron chi connectivity index (χ2n) is 6.32. The number of nitrogens with one attached hydrogen (secondary N) is 1. The molecule has 1 aromatic rings. The fourth-order valence-electron chi connectivity index (χ4n) is 2.37. The van der Waals surface area contributed by atoms with Crippen molar-refractivity contribution in [3.63, 3.8) is 0 Å². The number of nitrogens with zero attached hydrogens (tertiary/aromatic N) is 2. The molecule has 1 aliphatic heterocycles. The third-order valence-corrected chi connectivity index (χ3v) is 4.28. The lowest BCUT2D eigenvalue weighted by Gasteiger charge is -2.31. The minimum atomic E-state index is -0.515. The Morgan fingerprint density at radius 1 is 1.48 bits per heavy atom. The van der Waals surface area contributed by atoms with E-state index in [4.69, 9.17) is 4.74 Å². The van der Waals surface area contributed by atoms with Crippen molar-refractivity contribution in [3.05, 3.63) is 11.1 Å². The van der Waals surface area contributed by atoms with Crippen LogP contribution in [-0.2, 0) is 14.3 Å². The van der Waals surface area contributed by atoms with E-state index in [0.717, 1.165) is 11.3 Å². The molecule has 8 heteroatoms. The number of carbonyl (C=O) groups excluding carboxylic acids is 3. The van der Waals surface area contributed by atoms with Gasteiger partial charge in [-0.25, -0.2) is 9.78 Å². The van der Waals surface area contributed by atoms with Crippen LogP contribution in [0.15, 0.2) is 5.38 Å². The number of esters is 1. The van der Waals surface area contributed by atoms with Crippen LogP contribution in [-0.4, -0.2) is 46.4 Å². The van der Waals surface area contributed by atoms with Crippen LogP contribution >= 0.6 is 11.3 Å². The molecule has 0 unspecified atom stereocenters. The molecule has 2 rings (SSSR count). The van der Waals surface area contributed by atoms with Crippen LogP contribution in [0.4, 0.5) is 5.13 Å². The number of carbonyl (C=O) groups is 3. The van der Waals surface area contributed by atoms with Gasteiger partial charge in [0.1, 0.15) is 0 Å². The van der Waals surface area contributed by atoms with Crippen LogP contribution in [0.25, 0.3) is 0 Å². The van der Waals surface area contributed by atoms with Gasteiger partial charge in [-0.3, -0.25) is 9.59 Å². The Labute approximate surface area is 139 Å². The Kier molecular flexibility index (Phi) is 5.03. The average molecular weight is 339 g/mol. The topological polar surface area (TPSA) is 88.6 Å². The molecule has 0 aliphatic carbocycles. The van der Waals surface area contributed by atoms with E-state index in [9.17, 15) is 14.4 Å². The van der Waals surface area contributed by atoms with Crippen LogP contribution < -0.4 is 5.32 Å². The van der Waals surface area contributed by atoms with Gasteiger partial charge in [0, 0.05) is 23.9 Å². The smallest absolute Gasteiger partial charge is 0.357 e. The molecule has 0 bridgehead atoms. The van der Waals surface area contributed by atoms with E-state index in [2.05, 4.69) is 10.3 Å². The summed E-state index contributed by atoms with van der Waals surface area (Å²) in [7, 11) is 0. The summed E-state index contributed by atoms with van der Waals surface area (Å²) in [4.78, 5) is 41.6. The van der Waals surface area contributed by atoms with Crippen molar-refractivity contribution in [2.24, 2.45) is 5.92 Å². The molecule has 2 heterocycles. The first-order valence-electron chi connectivity index (χ1n) is 7.46. The van der Waals surface area contributed by atoms with E-state index in [-0.39, 0.29) is 36.1 Å². The molecule has 1 aromatic heterocycles. The van der Waals surface area contributed by atoms with Crippen molar-refractivity contribution in [2.45, 2.75) is 39.7 Å². The van der Waals surface area contributed by atoms with Crippen LogP contribution in [0.2, 0.25) is 0 Å². The van der Waals surface area contributed by atoms with Crippen molar-refractivity contribution in [1.82, 2.24) is 9.88 Å². The second kappa shape index (κ2) is 6.66. The van der Waals surface area contributed by atoms with Gasteiger partial charge >= 0.3 is 5.97 Å². The molecule has 0 radical (unpaired) electrons. The van der Waals surface area contributed by atoms with Gasteiger partial charge in [0.15, 0.2) is 10.8 Å². The number of likely N-dealkylation sites (tertiary alicyclic amines) is 1. The zero-order chi connectivity index (χ0) is 17.2. The predicted molar refractivity (Wildman–Crippen MR) is 86.3 cm³/mol. The Morgan fingerprint density at radius 3 is 2.74 bits per heavy atom. The number of rotatable bonds is 4. The number of amides is 2. The normalized spacial score (nSPS) is 18.2. The molecular weight excluding hydrogens is 318 g/mol. The molecule has 7 nitrogen and oxygen atoms in total. The summed E-state index contributed by atoms with van der Waals surface area (Å²) in [5.41, 5.74) is -0.129. The van der Waals surface area contributed by atoms with E-state index in [1.54, 1.807) is 11.8 Å². The van der Waals surface area contributed by atoms with Crippen LogP contribution in [0.1, 0.15) is 44.6 Å². The molecular formula is C15H21N3O4S. The summed E-state index contributed by atoms with van der Waals surface area (Å²) in [5, 5.41) is 4.55. The standard InChI is InChI=1S/C15H21N3O4S/c1-5-22-13(21)10-8-23-14(16-10)17-12(20)9-6-11(19)18(7-9)15(2,3)4/h8-9H,5-7H2,1-4H3,(H,16,17,20)/t9-/m1/s1. The molecule has 0 spiro atoms. The molecule has 1 fully saturated rings. The van der Waals surface area contributed by atoms with Gasteiger partial charge in [-0.2, -0.15) is 0 Å². The molecule has 1 saturated heterocycles. The van der Waals surface area contributed by atoms with Gasteiger partial charge in [-0.15, -0.1) is 11.3 Å². The number of hydrogen-bond donors (Lipinski definition) is 1. The molecule has 1 aliphatic rings. The minimum Gasteiger partial charge on any atom is -0.461 e. The maximum atomic E-state index is 12.3. The highest BCUT2D eigenvalue weighted by Gasteiger charge is 2.39. The molecule has 126 valence electrons. The van der Waals surface area contributed by atoms with Gasteiger partial charge in [-0.1, -0.05) is 0 Å².